The summed E-state index contributed by atoms with van der Waals surface area (Å²) in [5, 5.41) is 11.8. The number of hydrogen-bond donors (Lipinski definition) is 2. The highest BCUT2D eigenvalue weighted by Crippen LogP contribution is 2.38. The summed E-state index contributed by atoms with van der Waals surface area (Å²) < 4.78 is 37.7. The van der Waals surface area contributed by atoms with Gasteiger partial charge in [-0.25, -0.2) is 0 Å². The molecule has 2 saturated carbocycles. The van der Waals surface area contributed by atoms with Crippen LogP contribution in [0.15, 0.2) is 0 Å². The molecular formula is C14H20F3NO3. The van der Waals surface area contributed by atoms with Crippen molar-refractivity contribution < 1.29 is 27.9 Å². The number of hydrogen-bond acceptors (Lipinski definition) is 2. The molecule has 2 aliphatic carbocycles. The highest BCUT2D eigenvalue weighted by atomic mass is 19.4. The maximum Gasteiger partial charge on any atom is 0.391 e. The van der Waals surface area contributed by atoms with E-state index in [-0.39, 0.29) is 24.8 Å². The van der Waals surface area contributed by atoms with E-state index >= 15 is 0 Å². The third-order valence-electron chi connectivity index (χ3n) is 4.71. The van der Waals surface area contributed by atoms with Gasteiger partial charge in [-0.1, -0.05) is 6.42 Å². The number of halogens is 3. The average molecular weight is 307 g/mol. The Labute approximate surface area is 121 Å². The number of carbonyl (C=O) groups is 2. The third-order valence-corrected chi connectivity index (χ3v) is 4.71. The predicted molar refractivity (Wildman–Crippen MR) is 68.4 cm³/mol. The summed E-state index contributed by atoms with van der Waals surface area (Å²) in [6.07, 6.45) is -1.75. The van der Waals surface area contributed by atoms with Crippen molar-refractivity contribution in [2.75, 3.05) is 0 Å². The van der Waals surface area contributed by atoms with E-state index in [9.17, 15) is 22.8 Å². The van der Waals surface area contributed by atoms with Crippen LogP contribution in [0.25, 0.3) is 0 Å². The molecule has 2 N–H and O–H groups in total. The van der Waals surface area contributed by atoms with Crippen LogP contribution in [-0.2, 0) is 9.59 Å². The first kappa shape index (κ1) is 16.1. The number of alkyl halides is 3. The van der Waals surface area contributed by atoms with Crippen LogP contribution < -0.4 is 5.32 Å². The Hall–Kier alpha value is -1.27. The first-order chi connectivity index (χ1) is 9.79. The first-order valence-corrected chi connectivity index (χ1v) is 7.39. The standard InChI is InChI=1S/C14H20F3NO3/c15-14(16,17)8-4-6-9(7-5-8)18-12(19)10-2-1-3-11(10)13(20)21/h8-11H,1-7H2,(H,18,19)(H,20,21). The molecular weight excluding hydrogens is 287 g/mol. The molecule has 0 aliphatic heterocycles. The van der Waals surface area contributed by atoms with Crippen LogP contribution in [0.5, 0.6) is 0 Å². The Kier molecular flexibility index (Phi) is 4.78. The fourth-order valence-electron chi connectivity index (χ4n) is 3.44. The SMILES string of the molecule is O=C(O)C1CCCC1C(=O)NC1CCC(C(F)(F)F)CC1. The number of carboxylic acids is 1. The van der Waals surface area contributed by atoms with Gasteiger partial charge in [0, 0.05) is 6.04 Å². The van der Waals surface area contributed by atoms with E-state index in [1.165, 1.54) is 0 Å². The highest BCUT2D eigenvalue weighted by Gasteiger charge is 2.42. The molecule has 0 heterocycles. The monoisotopic (exact) mass is 307 g/mol. The van der Waals surface area contributed by atoms with Crippen molar-refractivity contribution in [3.8, 4) is 0 Å². The topological polar surface area (TPSA) is 66.4 Å². The molecule has 0 aromatic rings. The van der Waals surface area contributed by atoms with Gasteiger partial charge >= 0.3 is 12.1 Å². The van der Waals surface area contributed by atoms with E-state index < -0.39 is 29.9 Å². The van der Waals surface area contributed by atoms with Crippen molar-refractivity contribution in [1.82, 2.24) is 5.32 Å². The number of aliphatic carboxylic acids is 1. The van der Waals surface area contributed by atoms with E-state index in [2.05, 4.69) is 5.32 Å². The second kappa shape index (κ2) is 6.23. The van der Waals surface area contributed by atoms with Gasteiger partial charge in [0.25, 0.3) is 0 Å². The van der Waals surface area contributed by atoms with E-state index in [1.54, 1.807) is 0 Å². The van der Waals surface area contributed by atoms with Crippen molar-refractivity contribution in [2.24, 2.45) is 17.8 Å². The number of carbonyl (C=O) groups excluding carboxylic acids is 1. The van der Waals surface area contributed by atoms with Crippen LogP contribution in [0, 0.1) is 17.8 Å². The van der Waals surface area contributed by atoms with E-state index in [0.29, 0.717) is 32.1 Å². The van der Waals surface area contributed by atoms with Crippen molar-refractivity contribution >= 4 is 11.9 Å². The zero-order chi connectivity index (χ0) is 15.6. The smallest absolute Gasteiger partial charge is 0.391 e. The molecule has 2 fully saturated rings. The summed E-state index contributed by atoms with van der Waals surface area (Å²) in [5.41, 5.74) is 0. The molecule has 0 bridgehead atoms. The zero-order valence-corrected chi connectivity index (χ0v) is 11.7. The predicted octanol–water partition coefficient (Wildman–Crippen LogP) is 2.72. The molecule has 1 amide bonds. The summed E-state index contributed by atoms with van der Waals surface area (Å²) in [6, 6.07) is -0.258. The molecule has 0 saturated heterocycles. The zero-order valence-electron chi connectivity index (χ0n) is 11.7. The molecule has 2 atom stereocenters. The van der Waals surface area contributed by atoms with Gasteiger partial charge in [-0.3, -0.25) is 9.59 Å². The summed E-state index contributed by atoms with van der Waals surface area (Å²) in [5.74, 6) is -3.74. The molecule has 4 nitrogen and oxygen atoms in total. The fraction of sp³-hybridized carbons (Fsp3) is 0.857. The van der Waals surface area contributed by atoms with Gasteiger partial charge in [-0.2, -0.15) is 13.2 Å². The Morgan fingerprint density at radius 3 is 2.05 bits per heavy atom. The maximum atomic E-state index is 12.6. The van der Waals surface area contributed by atoms with Crippen LogP contribution in [0.4, 0.5) is 13.2 Å². The lowest BCUT2D eigenvalue weighted by molar-refractivity contribution is -0.182. The normalized spacial score (nSPS) is 33.7. The van der Waals surface area contributed by atoms with Crippen LogP contribution >= 0.6 is 0 Å². The number of carboxylic acid groups (broad SMARTS) is 1. The molecule has 0 aromatic heterocycles. The van der Waals surface area contributed by atoms with Gasteiger partial charge in [-0.05, 0) is 38.5 Å². The lowest BCUT2D eigenvalue weighted by Gasteiger charge is -2.31. The molecule has 0 radical (unpaired) electrons. The minimum absolute atomic E-state index is 0.0292. The molecule has 2 unspecified atom stereocenters. The summed E-state index contributed by atoms with van der Waals surface area (Å²) in [6.45, 7) is 0. The summed E-state index contributed by atoms with van der Waals surface area (Å²) in [7, 11) is 0. The van der Waals surface area contributed by atoms with Crippen LogP contribution in [0.2, 0.25) is 0 Å². The first-order valence-electron chi connectivity index (χ1n) is 7.39. The number of rotatable bonds is 3. The maximum absolute atomic E-state index is 12.6. The molecule has 21 heavy (non-hydrogen) atoms. The van der Waals surface area contributed by atoms with Crippen molar-refractivity contribution in [3.63, 3.8) is 0 Å². The molecule has 120 valence electrons. The van der Waals surface area contributed by atoms with Crippen LogP contribution in [0.1, 0.15) is 44.9 Å². The quantitative estimate of drug-likeness (QED) is 0.842. The Balaban J connectivity index is 1.83. The Morgan fingerprint density at radius 1 is 0.952 bits per heavy atom. The second-order valence-corrected chi connectivity index (χ2v) is 6.08. The molecule has 0 aromatic carbocycles. The molecule has 7 heteroatoms. The van der Waals surface area contributed by atoms with E-state index in [0.717, 1.165) is 0 Å². The van der Waals surface area contributed by atoms with E-state index in [4.69, 9.17) is 5.11 Å². The minimum Gasteiger partial charge on any atom is -0.481 e. The summed E-state index contributed by atoms with van der Waals surface area (Å²) >= 11 is 0. The highest BCUT2D eigenvalue weighted by molar-refractivity contribution is 5.85. The minimum atomic E-state index is -4.16. The van der Waals surface area contributed by atoms with Gasteiger partial charge in [-0.15, -0.1) is 0 Å². The van der Waals surface area contributed by atoms with E-state index in [1.807, 2.05) is 0 Å². The Morgan fingerprint density at radius 2 is 1.52 bits per heavy atom. The average Bonchev–Trinajstić information content (AvgIpc) is 2.87. The van der Waals surface area contributed by atoms with Crippen molar-refractivity contribution in [1.29, 1.82) is 0 Å². The fourth-order valence-corrected chi connectivity index (χ4v) is 3.44. The van der Waals surface area contributed by atoms with Gasteiger partial charge in [0.05, 0.1) is 17.8 Å². The van der Waals surface area contributed by atoms with Crippen LogP contribution in [0.3, 0.4) is 0 Å². The summed E-state index contributed by atoms with van der Waals surface area (Å²) in [4.78, 5) is 23.2. The van der Waals surface area contributed by atoms with Crippen molar-refractivity contribution in [2.45, 2.75) is 57.2 Å². The number of amides is 1. The van der Waals surface area contributed by atoms with Crippen molar-refractivity contribution in [3.05, 3.63) is 0 Å². The van der Waals surface area contributed by atoms with Gasteiger partial charge in [0.1, 0.15) is 0 Å². The molecule has 0 spiro atoms. The third kappa shape index (κ3) is 3.89. The lowest BCUT2D eigenvalue weighted by atomic mass is 9.85. The van der Waals surface area contributed by atoms with Crippen LogP contribution in [-0.4, -0.2) is 29.2 Å². The largest absolute Gasteiger partial charge is 0.481 e. The lowest BCUT2D eigenvalue weighted by Crippen LogP contribution is -2.44. The van der Waals surface area contributed by atoms with Gasteiger partial charge in [0.2, 0.25) is 5.91 Å². The number of nitrogens with one attached hydrogen (secondary N) is 1. The van der Waals surface area contributed by atoms with Gasteiger partial charge in [0.15, 0.2) is 0 Å². The second-order valence-electron chi connectivity index (χ2n) is 6.08. The molecule has 2 rings (SSSR count). The Bertz CT molecular complexity index is 403. The van der Waals surface area contributed by atoms with Gasteiger partial charge < -0.3 is 10.4 Å². The molecule has 2 aliphatic rings.